The lowest BCUT2D eigenvalue weighted by molar-refractivity contribution is -0.122. The van der Waals surface area contributed by atoms with Gasteiger partial charge in [-0.05, 0) is 19.4 Å². The van der Waals surface area contributed by atoms with E-state index < -0.39 is 6.03 Å². The van der Waals surface area contributed by atoms with Crippen LogP contribution in [0.2, 0.25) is 0 Å². The highest BCUT2D eigenvalue weighted by atomic mass is 16.2. The van der Waals surface area contributed by atoms with Gasteiger partial charge in [0.05, 0.1) is 6.54 Å². The number of carbonyl (C=O) groups excluding carboxylic acids is 2. The number of hydrogen-bond acceptors (Lipinski definition) is 4. The van der Waals surface area contributed by atoms with Gasteiger partial charge in [0, 0.05) is 31.7 Å². The molecule has 0 unspecified atom stereocenters. The van der Waals surface area contributed by atoms with Crippen molar-refractivity contribution in [1.29, 1.82) is 0 Å². The van der Waals surface area contributed by atoms with Gasteiger partial charge in [-0.2, -0.15) is 0 Å². The molecule has 0 radical (unpaired) electrons. The van der Waals surface area contributed by atoms with E-state index in [0.717, 1.165) is 26.2 Å². The van der Waals surface area contributed by atoms with Crippen molar-refractivity contribution < 1.29 is 9.59 Å². The van der Waals surface area contributed by atoms with Crippen LogP contribution in [0.3, 0.4) is 0 Å². The third-order valence-electron chi connectivity index (χ3n) is 4.00. The molecule has 3 N–H and O–H groups in total. The second-order valence-electron chi connectivity index (χ2n) is 6.34. The van der Waals surface area contributed by atoms with Gasteiger partial charge in [0.1, 0.15) is 0 Å². The molecule has 0 aliphatic carbocycles. The minimum atomic E-state index is -0.799. The van der Waals surface area contributed by atoms with Crippen molar-refractivity contribution in [2.24, 2.45) is 5.73 Å². The van der Waals surface area contributed by atoms with Crippen molar-refractivity contribution in [3.05, 3.63) is 35.9 Å². The third-order valence-corrected chi connectivity index (χ3v) is 4.00. The molecule has 0 spiro atoms. The summed E-state index contributed by atoms with van der Waals surface area (Å²) in [6.07, 6.45) is 0. The average Bonchev–Trinajstić information content (AvgIpc) is 2.41. The summed E-state index contributed by atoms with van der Waals surface area (Å²) in [5.74, 6) is -0.347. The highest BCUT2D eigenvalue weighted by molar-refractivity contribution is 5.94. The predicted molar refractivity (Wildman–Crippen MR) is 85.1 cm³/mol. The van der Waals surface area contributed by atoms with Crippen molar-refractivity contribution in [3.8, 4) is 0 Å². The maximum absolute atomic E-state index is 11.6. The van der Waals surface area contributed by atoms with Gasteiger partial charge in [-0.3, -0.25) is 19.9 Å². The zero-order valence-corrected chi connectivity index (χ0v) is 13.2. The lowest BCUT2D eigenvalue weighted by atomic mass is 9.97. The Bertz CT molecular complexity index is 530. The quantitative estimate of drug-likeness (QED) is 0.861. The van der Waals surface area contributed by atoms with Gasteiger partial charge < -0.3 is 5.73 Å². The summed E-state index contributed by atoms with van der Waals surface area (Å²) >= 11 is 0. The molecule has 6 heteroatoms. The molecular weight excluding hydrogens is 280 g/mol. The monoisotopic (exact) mass is 304 g/mol. The van der Waals surface area contributed by atoms with Crippen molar-refractivity contribution >= 4 is 11.9 Å². The molecule has 1 aliphatic rings. The van der Waals surface area contributed by atoms with Crippen LogP contribution in [0, 0.1) is 0 Å². The topological polar surface area (TPSA) is 78.7 Å². The molecule has 3 amide bonds. The molecule has 22 heavy (non-hydrogen) atoms. The number of primary amides is 1. The van der Waals surface area contributed by atoms with Crippen LogP contribution in [0.5, 0.6) is 0 Å². The van der Waals surface area contributed by atoms with Crippen LogP contribution in [-0.2, 0) is 11.3 Å². The van der Waals surface area contributed by atoms with E-state index in [4.69, 9.17) is 5.73 Å². The molecule has 1 aromatic carbocycles. The fraction of sp³-hybridized carbons (Fsp3) is 0.500. The van der Waals surface area contributed by atoms with Gasteiger partial charge in [-0.1, -0.05) is 30.3 Å². The van der Waals surface area contributed by atoms with Crippen LogP contribution in [0.25, 0.3) is 0 Å². The SMILES string of the molecule is CC1(C)CN(CC(=O)NC(N)=O)CCN1Cc1ccccc1. The van der Waals surface area contributed by atoms with Crippen LogP contribution >= 0.6 is 0 Å². The maximum atomic E-state index is 11.6. The number of imide groups is 1. The fourth-order valence-electron chi connectivity index (χ4n) is 2.90. The van der Waals surface area contributed by atoms with Gasteiger partial charge in [0.2, 0.25) is 5.91 Å². The average molecular weight is 304 g/mol. The first-order valence-electron chi connectivity index (χ1n) is 7.47. The van der Waals surface area contributed by atoms with E-state index in [1.54, 1.807) is 0 Å². The van der Waals surface area contributed by atoms with Crippen LogP contribution in [0.4, 0.5) is 4.79 Å². The summed E-state index contributed by atoms with van der Waals surface area (Å²) < 4.78 is 0. The summed E-state index contributed by atoms with van der Waals surface area (Å²) in [6, 6.07) is 9.57. The molecule has 0 atom stereocenters. The summed E-state index contributed by atoms with van der Waals surface area (Å²) in [4.78, 5) is 26.8. The normalized spacial score (nSPS) is 18.8. The number of rotatable bonds is 4. The molecule has 0 aromatic heterocycles. The van der Waals surface area contributed by atoms with Crippen molar-refractivity contribution in [3.63, 3.8) is 0 Å². The molecule has 0 bridgehead atoms. The maximum Gasteiger partial charge on any atom is 0.318 e. The van der Waals surface area contributed by atoms with Crippen LogP contribution < -0.4 is 11.1 Å². The van der Waals surface area contributed by atoms with Gasteiger partial charge in [0.25, 0.3) is 0 Å². The van der Waals surface area contributed by atoms with E-state index in [9.17, 15) is 9.59 Å². The van der Waals surface area contributed by atoms with E-state index in [2.05, 4.69) is 41.1 Å². The standard InChI is InChI=1S/C16H24N4O2/c1-16(2)12-19(11-14(21)18-15(17)22)8-9-20(16)10-13-6-4-3-5-7-13/h3-7H,8-12H2,1-2H3,(H3,17,18,21,22). The van der Waals surface area contributed by atoms with Gasteiger partial charge in [-0.15, -0.1) is 0 Å². The number of urea groups is 1. The third kappa shape index (κ3) is 4.54. The predicted octanol–water partition coefficient (Wildman–Crippen LogP) is 0.778. The number of nitrogens with one attached hydrogen (secondary N) is 1. The smallest absolute Gasteiger partial charge is 0.318 e. The zero-order valence-electron chi connectivity index (χ0n) is 13.2. The Labute approximate surface area is 131 Å². The molecule has 1 saturated heterocycles. The Morgan fingerprint density at radius 1 is 1.23 bits per heavy atom. The van der Waals surface area contributed by atoms with Gasteiger partial charge >= 0.3 is 6.03 Å². The Hall–Kier alpha value is -1.92. The zero-order chi connectivity index (χ0) is 16.2. The van der Waals surface area contributed by atoms with Crippen LogP contribution in [0.15, 0.2) is 30.3 Å². The number of nitrogens with two attached hydrogens (primary N) is 1. The highest BCUT2D eigenvalue weighted by Gasteiger charge is 2.34. The molecule has 1 aromatic rings. The number of carbonyl (C=O) groups is 2. The summed E-state index contributed by atoms with van der Waals surface area (Å²) in [6.45, 7) is 7.89. The lowest BCUT2D eigenvalue weighted by Crippen LogP contribution is -2.60. The first-order valence-corrected chi connectivity index (χ1v) is 7.47. The summed E-state index contributed by atoms with van der Waals surface area (Å²) in [7, 11) is 0. The second kappa shape index (κ2) is 6.89. The summed E-state index contributed by atoms with van der Waals surface area (Å²) in [5.41, 5.74) is 6.21. The molecule has 6 nitrogen and oxygen atoms in total. The molecule has 1 fully saturated rings. The Morgan fingerprint density at radius 3 is 2.50 bits per heavy atom. The number of hydrogen-bond donors (Lipinski definition) is 2. The minimum absolute atomic E-state index is 0.0406. The molecule has 1 aliphatic heterocycles. The lowest BCUT2D eigenvalue weighted by Gasteiger charge is -2.47. The van der Waals surface area contributed by atoms with Gasteiger partial charge in [-0.25, -0.2) is 4.79 Å². The second-order valence-corrected chi connectivity index (χ2v) is 6.34. The molecule has 1 heterocycles. The highest BCUT2D eigenvalue weighted by Crippen LogP contribution is 2.23. The van der Waals surface area contributed by atoms with Crippen molar-refractivity contribution in [2.75, 3.05) is 26.2 Å². The van der Waals surface area contributed by atoms with Crippen molar-refractivity contribution in [1.82, 2.24) is 15.1 Å². The van der Waals surface area contributed by atoms with E-state index in [-0.39, 0.29) is 18.0 Å². The van der Waals surface area contributed by atoms with E-state index >= 15 is 0 Å². The van der Waals surface area contributed by atoms with Crippen LogP contribution in [-0.4, -0.2) is 53.5 Å². The number of benzene rings is 1. The molecule has 2 rings (SSSR count). The largest absolute Gasteiger partial charge is 0.351 e. The van der Waals surface area contributed by atoms with E-state index in [1.165, 1.54) is 5.56 Å². The fourth-order valence-corrected chi connectivity index (χ4v) is 2.90. The Kier molecular flexibility index (Phi) is 5.15. The van der Waals surface area contributed by atoms with E-state index in [1.807, 2.05) is 18.2 Å². The van der Waals surface area contributed by atoms with Gasteiger partial charge in [0.15, 0.2) is 0 Å². The number of nitrogens with zero attached hydrogens (tertiary/aromatic N) is 2. The van der Waals surface area contributed by atoms with E-state index in [0.29, 0.717) is 0 Å². The summed E-state index contributed by atoms with van der Waals surface area (Å²) in [5, 5.41) is 2.11. The molecular formula is C16H24N4O2. The minimum Gasteiger partial charge on any atom is -0.351 e. The Morgan fingerprint density at radius 2 is 1.91 bits per heavy atom. The number of piperazine rings is 1. The number of amides is 3. The first kappa shape index (κ1) is 16.5. The molecule has 0 saturated carbocycles. The molecule has 120 valence electrons. The Balaban J connectivity index is 1.92. The van der Waals surface area contributed by atoms with Crippen molar-refractivity contribution in [2.45, 2.75) is 25.9 Å². The first-order chi connectivity index (χ1) is 10.4. The van der Waals surface area contributed by atoms with Crippen LogP contribution in [0.1, 0.15) is 19.4 Å².